The van der Waals surface area contributed by atoms with Crippen LogP contribution >= 0.6 is 38.5 Å². The molecule has 0 amide bonds. The second-order valence-corrected chi connectivity index (χ2v) is 6.59. The maximum absolute atomic E-state index is 3.58. The van der Waals surface area contributed by atoms with E-state index >= 15 is 0 Å². The summed E-state index contributed by atoms with van der Waals surface area (Å²) in [4.78, 5) is 0. The molecule has 1 fully saturated rings. The molecule has 4 heteroatoms. The summed E-state index contributed by atoms with van der Waals surface area (Å²) >= 11 is 5.94. The number of benzene rings is 1. The highest BCUT2D eigenvalue weighted by Gasteiger charge is 2.19. The molecule has 94 valence electrons. The molecule has 0 atom stereocenters. The molecule has 1 aromatic rings. The average molecular weight is 409 g/mol. The summed E-state index contributed by atoms with van der Waals surface area (Å²) in [7, 11) is 0. The summed E-state index contributed by atoms with van der Waals surface area (Å²) in [5.74, 6) is 0. The lowest BCUT2D eigenvalue weighted by Gasteiger charge is -2.08. The Kier molecular flexibility index (Phi) is 5.72. The minimum atomic E-state index is 0.833. The van der Waals surface area contributed by atoms with Crippen molar-refractivity contribution in [2.75, 3.05) is 13.1 Å². The first-order valence-electron chi connectivity index (χ1n) is 6.14. The topological polar surface area (TPSA) is 24.1 Å². The molecule has 0 saturated heterocycles. The minimum absolute atomic E-state index is 0.833. The molecular formula is C13H18BrIN2. The van der Waals surface area contributed by atoms with Gasteiger partial charge in [0.25, 0.3) is 0 Å². The van der Waals surface area contributed by atoms with Gasteiger partial charge in [-0.1, -0.05) is 15.9 Å². The van der Waals surface area contributed by atoms with Crippen LogP contribution in [0.15, 0.2) is 22.7 Å². The minimum Gasteiger partial charge on any atom is -0.314 e. The fourth-order valence-electron chi connectivity index (χ4n) is 1.71. The van der Waals surface area contributed by atoms with E-state index in [1.807, 2.05) is 0 Å². The van der Waals surface area contributed by atoms with Gasteiger partial charge in [0.1, 0.15) is 0 Å². The average Bonchev–Trinajstić information content (AvgIpc) is 3.11. The van der Waals surface area contributed by atoms with Crippen LogP contribution < -0.4 is 10.6 Å². The second kappa shape index (κ2) is 7.07. The summed E-state index contributed by atoms with van der Waals surface area (Å²) in [6.07, 6.45) is 3.96. The molecule has 0 radical (unpaired) electrons. The molecule has 1 aromatic carbocycles. The van der Waals surface area contributed by atoms with Crippen molar-refractivity contribution < 1.29 is 0 Å². The van der Waals surface area contributed by atoms with Crippen LogP contribution in [0.4, 0.5) is 0 Å². The molecule has 17 heavy (non-hydrogen) atoms. The lowest BCUT2D eigenvalue weighted by molar-refractivity contribution is 0.592. The van der Waals surface area contributed by atoms with E-state index in [2.05, 4.69) is 67.4 Å². The molecule has 0 spiro atoms. The lowest BCUT2D eigenvalue weighted by Crippen LogP contribution is -2.23. The third kappa shape index (κ3) is 5.24. The Balaban J connectivity index is 1.61. The fourth-order valence-corrected chi connectivity index (χ4v) is 2.65. The molecule has 2 rings (SSSR count). The predicted octanol–water partition coefficient (Wildman–Crippen LogP) is 3.29. The molecule has 0 aliphatic heterocycles. The SMILES string of the molecule is Brc1ccc(I)cc1CNCCCNC1CC1. The highest BCUT2D eigenvalue weighted by Crippen LogP contribution is 2.19. The van der Waals surface area contributed by atoms with Crippen LogP contribution in [0.3, 0.4) is 0 Å². The third-order valence-corrected chi connectivity index (χ3v) is 4.31. The number of hydrogen-bond donors (Lipinski definition) is 2. The van der Waals surface area contributed by atoms with Crippen molar-refractivity contribution >= 4 is 38.5 Å². The molecule has 0 heterocycles. The summed E-state index contributed by atoms with van der Waals surface area (Å²) < 4.78 is 2.49. The Bertz CT molecular complexity index is 366. The van der Waals surface area contributed by atoms with Crippen LogP contribution in [0.1, 0.15) is 24.8 Å². The normalized spacial score (nSPS) is 15.2. The van der Waals surface area contributed by atoms with E-state index in [4.69, 9.17) is 0 Å². The number of rotatable bonds is 7. The molecule has 2 N–H and O–H groups in total. The maximum atomic E-state index is 3.58. The van der Waals surface area contributed by atoms with Crippen molar-refractivity contribution in [1.82, 2.24) is 10.6 Å². The zero-order chi connectivity index (χ0) is 12.1. The molecular weight excluding hydrogens is 391 g/mol. The van der Waals surface area contributed by atoms with Gasteiger partial charge < -0.3 is 10.6 Å². The van der Waals surface area contributed by atoms with E-state index in [9.17, 15) is 0 Å². The molecule has 0 aromatic heterocycles. The van der Waals surface area contributed by atoms with E-state index in [0.717, 1.165) is 25.7 Å². The smallest absolute Gasteiger partial charge is 0.0220 e. The van der Waals surface area contributed by atoms with Gasteiger partial charge in [0, 0.05) is 20.6 Å². The van der Waals surface area contributed by atoms with Gasteiger partial charge in [0.05, 0.1) is 0 Å². The van der Waals surface area contributed by atoms with Gasteiger partial charge >= 0.3 is 0 Å². The first-order chi connectivity index (χ1) is 8.25. The van der Waals surface area contributed by atoms with Crippen LogP contribution in [0.25, 0.3) is 0 Å². The van der Waals surface area contributed by atoms with Crippen LogP contribution in [0.2, 0.25) is 0 Å². The van der Waals surface area contributed by atoms with Gasteiger partial charge in [-0.25, -0.2) is 0 Å². The van der Waals surface area contributed by atoms with E-state index in [1.165, 1.54) is 32.9 Å². The van der Waals surface area contributed by atoms with Crippen molar-refractivity contribution in [2.45, 2.75) is 31.8 Å². The van der Waals surface area contributed by atoms with E-state index in [1.54, 1.807) is 0 Å². The Hall–Kier alpha value is 0.350. The van der Waals surface area contributed by atoms with E-state index < -0.39 is 0 Å². The first-order valence-corrected chi connectivity index (χ1v) is 8.01. The summed E-state index contributed by atoms with van der Waals surface area (Å²) in [5.41, 5.74) is 1.34. The zero-order valence-electron chi connectivity index (χ0n) is 9.81. The number of nitrogens with one attached hydrogen (secondary N) is 2. The first kappa shape index (κ1) is 13.8. The zero-order valence-corrected chi connectivity index (χ0v) is 13.6. The lowest BCUT2D eigenvalue weighted by atomic mass is 10.2. The molecule has 1 aliphatic carbocycles. The van der Waals surface area contributed by atoms with Gasteiger partial charge in [0.15, 0.2) is 0 Å². The molecule has 0 bridgehead atoms. The molecule has 2 nitrogen and oxygen atoms in total. The van der Waals surface area contributed by atoms with Gasteiger partial charge in [-0.15, -0.1) is 0 Å². The maximum Gasteiger partial charge on any atom is 0.0220 e. The molecule has 1 aliphatic rings. The summed E-state index contributed by atoms with van der Waals surface area (Å²) in [6.45, 7) is 3.17. The summed E-state index contributed by atoms with van der Waals surface area (Å²) in [5, 5.41) is 7.02. The number of halogens is 2. The Morgan fingerprint density at radius 3 is 2.88 bits per heavy atom. The molecule has 1 saturated carbocycles. The van der Waals surface area contributed by atoms with Gasteiger partial charge in [-0.3, -0.25) is 0 Å². The Labute approximate surface area is 125 Å². The van der Waals surface area contributed by atoms with Crippen LogP contribution in [0, 0.1) is 3.57 Å². The van der Waals surface area contributed by atoms with Crippen LogP contribution in [-0.4, -0.2) is 19.1 Å². The van der Waals surface area contributed by atoms with Gasteiger partial charge in [0.2, 0.25) is 0 Å². The largest absolute Gasteiger partial charge is 0.314 e. The van der Waals surface area contributed by atoms with Gasteiger partial charge in [-0.05, 0) is 78.7 Å². The predicted molar refractivity (Wildman–Crippen MR) is 84.2 cm³/mol. The van der Waals surface area contributed by atoms with Crippen molar-refractivity contribution in [1.29, 1.82) is 0 Å². The quantitative estimate of drug-likeness (QED) is 0.534. The van der Waals surface area contributed by atoms with Crippen molar-refractivity contribution in [3.63, 3.8) is 0 Å². The Morgan fingerprint density at radius 2 is 2.12 bits per heavy atom. The van der Waals surface area contributed by atoms with E-state index in [0.29, 0.717) is 0 Å². The second-order valence-electron chi connectivity index (χ2n) is 4.49. The van der Waals surface area contributed by atoms with Crippen molar-refractivity contribution in [3.05, 3.63) is 31.8 Å². The number of hydrogen-bond acceptors (Lipinski definition) is 2. The highest BCUT2D eigenvalue weighted by atomic mass is 127. The standard InChI is InChI=1S/C13H18BrIN2/c14-13-5-2-11(15)8-10(13)9-16-6-1-7-17-12-3-4-12/h2,5,8,12,16-17H,1,3-4,6-7,9H2. The van der Waals surface area contributed by atoms with Crippen molar-refractivity contribution in [2.24, 2.45) is 0 Å². The van der Waals surface area contributed by atoms with Gasteiger partial charge in [-0.2, -0.15) is 0 Å². The summed E-state index contributed by atoms with van der Waals surface area (Å²) in [6, 6.07) is 7.29. The highest BCUT2D eigenvalue weighted by molar-refractivity contribution is 14.1. The Morgan fingerprint density at radius 1 is 1.29 bits per heavy atom. The van der Waals surface area contributed by atoms with Crippen LogP contribution in [0.5, 0.6) is 0 Å². The third-order valence-electron chi connectivity index (χ3n) is 2.86. The monoisotopic (exact) mass is 408 g/mol. The fraction of sp³-hybridized carbons (Fsp3) is 0.538. The van der Waals surface area contributed by atoms with E-state index in [-0.39, 0.29) is 0 Å². The van der Waals surface area contributed by atoms with Crippen LogP contribution in [-0.2, 0) is 6.54 Å². The van der Waals surface area contributed by atoms with Crippen molar-refractivity contribution in [3.8, 4) is 0 Å². The molecule has 0 unspecified atom stereocenters.